The van der Waals surface area contributed by atoms with Gasteiger partial charge in [0.25, 0.3) is 0 Å². The van der Waals surface area contributed by atoms with E-state index in [2.05, 4.69) is 50.4 Å². The lowest BCUT2D eigenvalue weighted by Crippen LogP contribution is -2.41. The molecule has 2 heteroatoms. The Bertz CT molecular complexity index is 382. The molecule has 1 N–H and O–H groups in total. The fraction of sp³-hybridized carbons (Fsp3) is 0.625. The summed E-state index contributed by atoms with van der Waals surface area (Å²) in [5.74, 6) is 0. The summed E-state index contributed by atoms with van der Waals surface area (Å²) in [6.07, 6.45) is 3.47. The Labute approximate surface area is 111 Å². The number of rotatable bonds is 5. The van der Waals surface area contributed by atoms with Crippen LogP contribution in [0.3, 0.4) is 0 Å². The standard InChI is InChI=1S/C16H25NO/c1-4-10-17-15(16(3)9-6-11-18-16)14-8-5-7-13(2)12-14/h5,7-8,12,15,17H,4,6,9-11H2,1-3H3. The summed E-state index contributed by atoms with van der Waals surface area (Å²) < 4.78 is 6.03. The van der Waals surface area contributed by atoms with Gasteiger partial charge >= 0.3 is 0 Å². The van der Waals surface area contributed by atoms with Gasteiger partial charge in [-0.3, -0.25) is 0 Å². The van der Waals surface area contributed by atoms with Crippen molar-refractivity contribution in [1.82, 2.24) is 5.32 Å². The molecular formula is C16H25NO. The van der Waals surface area contributed by atoms with Gasteiger partial charge in [-0.1, -0.05) is 36.8 Å². The highest BCUT2D eigenvalue weighted by atomic mass is 16.5. The summed E-state index contributed by atoms with van der Waals surface area (Å²) in [4.78, 5) is 0. The molecule has 0 amide bonds. The molecule has 1 aromatic rings. The van der Waals surface area contributed by atoms with E-state index in [1.54, 1.807) is 0 Å². The molecule has 18 heavy (non-hydrogen) atoms. The van der Waals surface area contributed by atoms with Crippen LogP contribution in [0.4, 0.5) is 0 Å². The molecule has 2 rings (SSSR count). The van der Waals surface area contributed by atoms with Crippen LogP contribution in [0.2, 0.25) is 0 Å². The molecule has 0 radical (unpaired) electrons. The first-order valence-corrected chi connectivity index (χ1v) is 7.09. The second kappa shape index (κ2) is 5.85. The molecule has 2 nitrogen and oxygen atoms in total. The third-order valence-electron chi connectivity index (χ3n) is 3.83. The lowest BCUT2D eigenvalue weighted by molar-refractivity contribution is -0.0124. The predicted octanol–water partition coefficient (Wildman–Crippen LogP) is 3.60. The van der Waals surface area contributed by atoms with Crippen molar-refractivity contribution in [1.29, 1.82) is 0 Å². The second-order valence-corrected chi connectivity index (χ2v) is 5.57. The van der Waals surface area contributed by atoms with Crippen LogP contribution in [0.5, 0.6) is 0 Å². The lowest BCUT2D eigenvalue weighted by atomic mass is 9.87. The summed E-state index contributed by atoms with van der Waals surface area (Å²) in [6, 6.07) is 9.09. The Morgan fingerprint density at radius 3 is 2.89 bits per heavy atom. The van der Waals surface area contributed by atoms with E-state index in [1.165, 1.54) is 17.5 Å². The summed E-state index contributed by atoms with van der Waals surface area (Å²) in [5, 5.41) is 3.67. The Morgan fingerprint density at radius 1 is 1.44 bits per heavy atom. The van der Waals surface area contributed by atoms with Crippen molar-refractivity contribution in [3.05, 3.63) is 35.4 Å². The molecule has 0 spiro atoms. The van der Waals surface area contributed by atoms with E-state index < -0.39 is 0 Å². The molecule has 1 saturated heterocycles. The van der Waals surface area contributed by atoms with Gasteiger partial charge in [-0.25, -0.2) is 0 Å². The zero-order chi connectivity index (χ0) is 13.0. The number of benzene rings is 1. The minimum atomic E-state index is -0.0526. The van der Waals surface area contributed by atoms with E-state index in [0.29, 0.717) is 6.04 Å². The number of hydrogen-bond acceptors (Lipinski definition) is 2. The van der Waals surface area contributed by atoms with E-state index in [4.69, 9.17) is 4.74 Å². The minimum absolute atomic E-state index is 0.0526. The third-order valence-corrected chi connectivity index (χ3v) is 3.83. The van der Waals surface area contributed by atoms with Gasteiger partial charge in [0, 0.05) is 6.61 Å². The first-order valence-electron chi connectivity index (χ1n) is 7.09. The Hall–Kier alpha value is -0.860. The highest BCUT2D eigenvalue weighted by molar-refractivity contribution is 5.27. The van der Waals surface area contributed by atoms with Crippen LogP contribution in [0.15, 0.2) is 24.3 Å². The van der Waals surface area contributed by atoms with Gasteiger partial charge in [-0.05, 0) is 45.2 Å². The van der Waals surface area contributed by atoms with E-state index in [9.17, 15) is 0 Å². The third kappa shape index (κ3) is 2.93. The van der Waals surface area contributed by atoms with E-state index in [0.717, 1.165) is 26.0 Å². The Kier molecular flexibility index (Phi) is 4.41. The fourth-order valence-electron chi connectivity index (χ4n) is 2.85. The molecule has 2 atom stereocenters. The van der Waals surface area contributed by atoms with Crippen LogP contribution >= 0.6 is 0 Å². The van der Waals surface area contributed by atoms with Gasteiger partial charge in [0.1, 0.15) is 0 Å². The van der Waals surface area contributed by atoms with Crippen LogP contribution < -0.4 is 5.32 Å². The molecule has 0 bridgehead atoms. The topological polar surface area (TPSA) is 21.3 Å². The fourth-order valence-corrected chi connectivity index (χ4v) is 2.85. The summed E-state index contributed by atoms with van der Waals surface area (Å²) >= 11 is 0. The molecule has 1 aromatic carbocycles. The maximum atomic E-state index is 6.03. The molecule has 0 aromatic heterocycles. The van der Waals surface area contributed by atoms with Gasteiger partial charge in [-0.15, -0.1) is 0 Å². The highest BCUT2D eigenvalue weighted by Gasteiger charge is 2.38. The largest absolute Gasteiger partial charge is 0.373 e. The smallest absolute Gasteiger partial charge is 0.0849 e. The predicted molar refractivity (Wildman–Crippen MR) is 75.8 cm³/mol. The van der Waals surface area contributed by atoms with E-state index >= 15 is 0 Å². The maximum absolute atomic E-state index is 6.03. The van der Waals surface area contributed by atoms with Gasteiger partial charge in [0.15, 0.2) is 0 Å². The highest BCUT2D eigenvalue weighted by Crippen LogP contribution is 2.37. The van der Waals surface area contributed by atoms with Crippen LogP contribution in [-0.2, 0) is 4.74 Å². The van der Waals surface area contributed by atoms with Crippen molar-refractivity contribution < 1.29 is 4.74 Å². The molecule has 2 unspecified atom stereocenters. The quantitative estimate of drug-likeness (QED) is 0.858. The Morgan fingerprint density at radius 2 is 2.28 bits per heavy atom. The summed E-state index contributed by atoms with van der Waals surface area (Å²) in [7, 11) is 0. The molecule has 1 aliphatic heterocycles. The van der Waals surface area contributed by atoms with Crippen LogP contribution in [-0.4, -0.2) is 18.8 Å². The summed E-state index contributed by atoms with van der Waals surface area (Å²) in [6.45, 7) is 8.54. The Balaban J connectivity index is 2.24. The summed E-state index contributed by atoms with van der Waals surface area (Å²) in [5.41, 5.74) is 2.62. The zero-order valence-corrected chi connectivity index (χ0v) is 11.8. The minimum Gasteiger partial charge on any atom is -0.373 e. The average molecular weight is 247 g/mol. The molecule has 1 heterocycles. The van der Waals surface area contributed by atoms with Crippen molar-refractivity contribution in [2.45, 2.75) is 51.7 Å². The number of hydrogen-bond donors (Lipinski definition) is 1. The van der Waals surface area contributed by atoms with Gasteiger partial charge in [0.05, 0.1) is 11.6 Å². The SMILES string of the molecule is CCCNC(c1cccc(C)c1)C1(C)CCCO1. The van der Waals surface area contributed by atoms with Crippen molar-refractivity contribution in [3.8, 4) is 0 Å². The van der Waals surface area contributed by atoms with Crippen LogP contribution in [0.1, 0.15) is 50.3 Å². The average Bonchev–Trinajstić information content (AvgIpc) is 2.77. The monoisotopic (exact) mass is 247 g/mol. The lowest BCUT2D eigenvalue weighted by Gasteiger charge is -2.34. The van der Waals surface area contributed by atoms with Gasteiger partial charge < -0.3 is 10.1 Å². The van der Waals surface area contributed by atoms with Gasteiger partial charge in [-0.2, -0.15) is 0 Å². The van der Waals surface area contributed by atoms with E-state index in [-0.39, 0.29) is 5.60 Å². The van der Waals surface area contributed by atoms with Crippen LogP contribution in [0, 0.1) is 6.92 Å². The van der Waals surface area contributed by atoms with Crippen molar-refractivity contribution in [3.63, 3.8) is 0 Å². The van der Waals surface area contributed by atoms with Crippen molar-refractivity contribution >= 4 is 0 Å². The van der Waals surface area contributed by atoms with Crippen LogP contribution in [0.25, 0.3) is 0 Å². The molecule has 1 fully saturated rings. The number of aryl methyl sites for hydroxylation is 1. The first-order chi connectivity index (χ1) is 8.65. The molecular weight excluding hydrogens is 222 g/mol. The molecule has 0 saturated carbocycles. The van der Waals surface area contributed by atoms with Crippen molar-refractivity contribution in [2.75, 3.05) is 13.2 Å². The normalized spacial score (nSPS) is 25.3. The first kappa shape index (κ1) is 13.6. The molecule has 0 aliphatic carbocycles. The number of ether oxygens (including phenoxy) is 1. The molecule has 100 valence electrons. The van der Waals surface area contributed by atoms with Crippen molar-refractivity contribution in [2.24, 2.45) is 0 Å². The second-order valence-electron chi connectivity index (χ2n) is 5.57. The number of nitrogens with one attached hydrogen (secondary N) is 1. The molecule has 1 aliphatic rings. The zero-order valence-electron chi connectivity index (χ0n) is 11.8. The van der Waals surface area contributed by atoms with Gasteiger partial charge in [0.2, 0.25) is 0 Å². The van der Waals surface area contributed by atoms with E-state index in [1.807, 2.05) is 0 Å². The maximum Gasteiger partial charge on any atom is 0.0849 e.